The van der Waals surface area contributed by atoms with E-state index in [0.717, 1.165) is 13.2 Å². The first-order chi connectivity index (χ1) is 6.97. The van der Waals surface area contributed by atoms with Gasteiger partial charge in [-0.15, -0.1) is 0 Å². The number of nitro groups is 2. The molecule has 0 spiro atoms. The van der Waals surface area contributed by atoms with Crippen molar-refractivity contribution in [3.63, 3.8) is 0 Å². The molecule has 1 rings (SSSR count). The molecule has 0 aromatic heterocycles. The number of benzene rings is 1. The van der Waals surface area contributed by atoms with Crippen LogP contribution in [0.15, 0.2) is 12.1 Å². The van der Waals surface area contributed by atoms with Crippen LogP contribution in [0.5, 0.6) is 11.5 Å². The van der Waals surface area contributed by atoms with E-state index < -0.39 is 27.0 Å². The molecule has 8 nitrogen and oxygen atoms in total. The summed E-state index contributed by atoms with van der Waals surface area (Å²) in [6.07, 6.45) is 0. The molecule has 0 fully saturated rings. The predicted octanol–water partition coefficient (Wildman–Crippen LogP) is 1.22. The van der Waals surface area contributed by atoms with Gasteiger partial charge in [0.1, 0.15) is 6.07 Å². The minimum absolute atomic E-state index is 0.233. The third-order valence-corrected chi connectivity index (χ3v) is 1.67. The number of methoxy groups -OCH3 is 1. The van der Waals surface area contributed by atoms with Crippen LogP contribution in [-0.4, -0.2) is 22.1 Å². The Balaban J connectivity index is 3.43. The van der Waals surface area contributed by atoms with Gasteiger partial charge in [-0.05, 0) is 0 Å². The van der Waals surface area contributed by atoms with Gasteiger partial charge in [-0.25, -0.2) is 0 Å². The molecular formula is C7H6N2O6. The average Bonchev–Trinajstić information content (AvgIpc) is 2.16. The molecule has 1 aromatic rings. The zero-order chi connectivity index (χ0) is 11.6. The van der Waals surface area contributed by atoms with Crippen molar-refractivity contribution in [1.82, 2.24) is 0 Å². The Kier molecular flexibility index (Phi) is 2.70. The Morgan fingerprint density at radius 1 is 1.20 bits per heavy atom. The van der Waals surface area contributed by atoms with Gasteiger partial charge in [-0.3, -0.25) is 20.2 Å². The fourth-order valence-electron chi connectivity index (χ4n) is 0.999. The molecule has 1 N–H and O–H groups in total. The van der Waals surface area contributed by atoms with Crippen LogP contribution >= 0.6 is 0 Å². The van der Waals surface area contributed by atoms with Crippen LogP contribution in [0, 0.1) is 20.2 Å². The summed E-state index contributed by atoms with van der Waals surface area (Å²) in [5.41, 5.74) is -1.30. The topological polar surface area (TPSA) is 116 Å². The fraction of sp³-hybridized carbons (Fsp3) is 0.143. The maximum Gasteiger partial charge on any atom is 0.318 e. The van der Waals surface area contributed by atoms with Gasteiger partial charge < -0.3 is 9.84 Å². The normalized spacial score (nSPS) is 9.67. The summed E-state index contributed by atoms with van der Waals surface area (Å²) in [5, 5.41) is 30.0. The Labute approximate surface area is 83.0 Å². The summed E-state index contributed by atoms with van der Waals surface area (Å²) < 4.78 is 4.60. The third-order valence-electron chi connectivity index (χ3n) is 1.67. The average molecular weight is 214 g/mol. The second kappa shape index (κ2) is 3.78. The number of nitro benzene ring substituents is 2. The lowest BCUT2D eigenvalue weighted by molar-refractivity contribution is -0.395. The Bertz CT molecular complexity index is 430. The molecule has 0 bridgehead atoms. The largest absolute Gasteiger partial charge is 0.502 e. The SMILES string of the molecule is COc1cc(O)c([N+](=O)[O-])cc1[N+](=O)[O-]. The predicted molar refractivity (Wildman–Crippen MR) is 48.0 cm³/mol. The zero-order valence-electron chi connectivity index (χ0n) is 7.54. The van der Waals surface area contributed by atoms with E-state index in [9.17, 15) is 20.2 Å². The molecule has 80 valence electrons. The van der Waals surface area contributed by atoms with E-state index in [0.29, 0.717) is 6.07 Å². The summed E-state index contributed by atoms with van der Waals surface area (Å²) in [6, 6.07) is 1.48. The second-order valence-corrected chi connectivity index (χ2v) is 2.53. The standard InChI is InChI=1S/C7H6N2O6/c1-15-7-3-6(10)4(8(11)12)2-5(7)9(13)14/h2-3,10H,1H3. The van der Waals surface area contributed by atoms with Crippen molar-refractivity contribution in [3.8, 4) is 11.5 Å². The number of nitrogens with zero attached hydrogens (tertiary/aromatic N) is 2. The molecule has 0 atom stereocenters. The smallest absolute Gasteiger partial charge is 0.318 e. The van der Waals surface area contributed by atoms with Crippen molar-refractivity contribution >= 4 is 11.4 Å². The summed E-state index contributed by atoms with van der Waals surface area (Å²) in [6.45, 7) is 0. The molecule has 1 aromatic carbocycles. The molecule has 0 aliphatic rings. The van der Waals surface area contributed by atoms with Crippen LogP contribution in [0.2, 0.25) is 0 Å². The molecule has 15 heavy (non-hydrogen) atoms. The van der Waals surface area contributed by atoms with E-state index in [1.54, 1.807) is 0 Å². The van der Waals surface area contributed by atoms with Gasteiger partial charge in [-0.1, -0.05) is 0 Å². The van der Waals surface area contributed by atoms with Crippen molar-refractivity contribution in [2.75, 3.05) is 7.11 Å². The van der Waals surface area contributed by atoms with Crippen molar-refractivity contribution in [3.05, 3.63) is 32.4 Å². The zero-order valence-corrected chi connectivity index (χ0v) is 7.54. The molecule has 0 aliphatic heterocycles. The van der Waals surface area contributed by atoms with Gasteiger partial charge in [0.25, 0.3) is 0 Å². The summed E-state index contributed by atoms with van der Waals surface area (Å²) in [4.78, 5) is 19.1. The van der Waals surface area contributed by atoms with Crippen LogP contribution in [-0.2, 0) is 0 Å². The number of hydrogen-bond acceptors (Lipinski definition) is 6. The second-order valence-electron chi connectivity index (χ2n) is 2.53. The highest BCUT2D eigenvalue weighted by Gasteiger charge is 2.24. The van der Waals surface area contributed by atoms with Crippen molar-refractivity contribution in [2.45, 2.75) is 0 Å². The Hall–Kier alpha value is -2.38. The van der Waals surface area contributed by atoms with Crippen LogP contribution in [0.3, 0.4) is 0 Å². The highest BCUT2D eigenvalue weighted by molar-refractivity contribution is 5.60. The van der Waals surface area contributed by atoms with Crippen molar-refractivity contribution < 1.29 is 19.7 Å². The number of rotatable bonds is 3. The number of ether oxygens (including phenoxy) is 1. The Morgan fingerprint density at radius 3 is 2.13 bits per heavy atom. The Morgan fingerprint density at radius 2 is 1.73 bits per heavy atom. The number of phenols is 1. The molecule has 0 saturated carbocycles. The van der Waals surface area contributed by atoms with Gasteiger partial charge in [0.2, 0.25) is 5.75 Å². The molecule has 8 heteroatoms. The number of phenolic OH excluding ortho intramolecular Hbond substituents is 1. The summed E-state index contributed by atoms with van der Waals surface area (Å²) in [5.74, 6) is -0.912. The first-order valence-corrected chi connectivity index (χ1v) is 3.67. The van der Waals surface area contributed by atoms with Crippen LogP contribution in [0.4, 0.5) is 11.4 Å². The van der Waals surface area contributed by atoms with Gasteiger partial charge in [-0.2, -0.15) is 0 Å². The number of aromatic hydroxyl groups is 1. The van der Waals surface area contributed by atoms with Gasteiger partial charge in [0.15, 0.2) is 5.75 Å². The molecule has 0 aliphatic carbocycles. The highest BCUT2D eigenvalue weighted by atomic mass is 16.6. The van der Waals surface area contributed by atoms with Crippen LogP contribution in [0.25, 0.3) is 0 Å². The van der Waals surface area contributed by atoms with Crippen molar-refractivity contribution in [1.29, 1.82) is 0 Å². The molecular weight excluding hydrogens is 208 g/mol. The third kappa shape index (κ3) is 1.93. The molecule has 0 amide bonds. The maximum absolute atomic E-state index is 10.5. The maximum atomic E-state index is 10.5. The minimum Gasteiger partial charge on any atom is -0.502 e. The monoisotopic (exact) mass is 214 g/mol. The molecule has 0 radical (unpaired) electrons. The van der Waals surface area contributed by atoms with Crippen LogP contribution < -0.4 is 4.74 Å². The molecule has 0 heterocycles. The van der Waals surface area contributed by atoms with E-state index in [1.165, 1.54) is 0 Å². The van der Waals surface area contributed by atoms with Gasteiger partial charge in [0.05, 0.1) is 17.0 Å². The van der Waals surface area contributed by atoms with Gasteiger partial charge in [0, 0.05) is 6.07 Å². The quantitative estimate of drug-likeness (QED) is 0.597. The van der Waals surface area contributed by atoms with Crippen molar-refractivity contribution in [2.24, 2.45) is 0 Å². The first kappa shape index (κ1) is 10.7. The number of hydrogen-bond donors (Lipinski definition) is 1. The van der Waals surface area contributed by atoms with E-state index >= 15 is 0 Å². The van der Waals surface area contributed by atoms with E-state index in [2.05, 4.69) is 4.74 Å². The highest BCUT2D eigenvalue weighted by Crippen LogP contribution is 2.37. The molecule has 0 saturated heterocycles. The molecule has 0 unspecified atom stereocenters. The fourth-order valence-corrected chi connectivity index (χ4v) is 0.999. The van der Waals surface area contributed by atoms with E-state index in [-0.39, 0.29) is 5.75 Å². The van der Waals surface area contributed by atoms with Crippen LogP contribution in [0.1, 0.15) is 0 Å². The van der Waals surface area contributed by atoms with E-state index in [4.69, 9.17) is 5.11 Å². The lowest BCUT2D eigenvalue weighted by Gasteiger charge is -2.02. The lowest BCUT2D eigenvalue weighted by Crippen LogP contribution is -1.96. The summed E-state index contributed by atoms with van der Waals surface area (Å²) in [7, 11) is 1.16. The van der Waals surface area contributed by atoms with E-state index in [1.807, 2.05) is 0 Å². The first-order valence-electron chi connectivity index (χ1n) is 3.67. The van der Waals surface area contributed by atoms with Gasteiger partial charge >= 0.3 is 11.4 Å². The minimum atomic E-state index is -0.915. The lowest BCUT2D eigenvalue weighted by atomic mass is 10.2. The summed E-state index contributed by atoms with van der Waals surface area (Å²) >= 11 is 0.